The predicted octanol–water partition coefficient (Wildman–Crippen LogP) is 2.24. The number of carbonyl (C=O) groups is 1. The number of nitrogens with one attached hydrogen (secondary N) is 1. The largest absolute Gasteiger partial charge is 0.389 e. The number of benzene rings is 1. The monoisotopic (exact) mass is 253 g/mol. The summed E-state index contributed by atoms with van der Waals surface area (Å²) in [7, 11) is 0. The zero-order valence-electron chi connectivity index (χ0n) is 9.90. The van der Waals surface area contributed by atoms with Crippen LogP contribution in [0.2, 0.25) is 5.02 Å². The molecular formula is C13H16ClNO2. The van der Waals surface area contributed by atoms with Gasteiger partial charge in [-0.1, -0.05) is 23.7 Å². The smallest absolute Gasteiger partial charge is 0.244 e. The van der Waals surface area contributed by atoms with E-state index in [2.05, 4.69) is 5.32 Å². The van der Waals surface area contributed by atoms with E-state index in [9.17, 15) is 9.90 Å². The first-order valence-corrected chi connectivity index (χ1v) is 5.68. The first kappa shape index (κ1) is 13.7. The van der Waals surface area contributed by atoms with Crippen LogP contribution >= 0.6 is 11.6 Å². The molecule has 0 spiro atoms. The molecule has 1 amide bonds. The fourth-order valence-electron chi connectivity index (χ4n) is 1.14. The second-order valence-electron chi connectivity index (χ2n) is 4.42. The zero-order valence-corrected chi connectivity index (χ0v) is 10.7. The summed E-state index contributed by atoms with van der Waals surface area (Å²) in [6.45, 7) is 3.48. The normalized spacial score (nSPS) is 11.8. The Balaban J connectivity index is 2.51. The van der Waals surface area contributed by atoms with Gasteiger partial charge in [0.1, 0.15) is 0 Å². The van der Waals surface area contributed by atoms with Gasteiger partial charge in [0.25, 0.3) is 0 Å². The van der Waals surface area contributed by atoms with Gasteiger partial charge >= 0.3 is 0 Å². The number of halogens is 1. The van der Waals surface area contributed by atoms with Crippen LogP contribution in [-0.2, 0) is 4.79 Å². The number of amides is 1. The highest BCUT2D eigenvalue weighted by molar-refractivity contribution is 6.30. The molecule has 0 aliphatic heterocycles. The fraction of sp³-hybridized carbons (Fsp3) is 0.308. The van der Waals surface area contributed by atoms with Crippen LogP contribution in [0.5, 0.6) is 0 Å². The molecule has 1 aromatic rings. The van der Waals surface area contributed by atoms with Gasteiger partial charge in [0.2, 0.25) is 5.91 Å². The molecule has 3 nitrogen and oxygen atoms in total. The van der Waals surface area contributed by atoms with Crippen LogP contribution in [0.1, 0.15) is 19.4 Å². The first-order valence-electron chi connectivity index (χ1n) is 5.31. The van der Waals surface area contributed by atoms with Crippen LogP contribution < -0.4 is 5.32 Å². The third kappa shape index (κ3) is 6.09. The van der Waals surface area contributed by atoms with Gasteiger partial charge in [-0.05, 0) is 37.6 Å². The van der Waals surface area contributed by atoms with E-state index in [1.807, 2.05) is 12.1 Å². The Hall–Kier alpha value is -1.32. The van der Waals surface area contributed by atoms with Crippen LogP contribution in [0, 0.1) is 0 Å². The van der Waals surface area contributed by atoms with Crippen LogP contribution in [0.3, 0.4) is 0 Å². The molecule has 17 heavy (non-hydrogen) atoms. The summed E-state index contributed by atoms with van der Waals surface area (Å²) in [5.41, 5.74) is -0.0459. The van der Waals surface area contributed by atoms with E-state index in [1.165, 1.54) is 6.08 Å². The van der Waals surface area contributed by atoms with E-state index in [1.54, 1.807) is 32.1 Å². The standard InChI is InChI=1S/C13H16ClNO2/c1-13(2,17)9-15-12(16)7-6-10-4-3-5-11(14)8-10/h3-8,17H,9H2,1-2H3,(H,15,16). The molecule has 0 aromatic heterocycles. The molecule has 0 saturated carbocycles. The van der Waals surface area contributed by atoms with Crippen molar-refractivity contribution in [3.05, 3.63) is 40.9 Å². The molecule has 0 atom stereocenters. The topological polar surface area (TPSA) is 49.3 Å². The van der Waals surface area contributed by atoms with Gasteiger partial charge in [0.15, 0.2) is 0 Å². The van der Waals surface area contributed by atoms with Gasteiger partial charge < -0.3 is 10.4 Å². The van der Waals surface area contributed by atoms with Gasteiger partial charge in [-0.15, -0.1) is 0 Å². The Morgan fingerprint density at radius 1 is 1.53 bits per heavy atom. The Labute approximate surface area is 106 Å². The highest BCUT2D eigenvalue weighted by Crippen LogP contribution is 2.11. The predicted molar refractivity (Wildman–Crippen MR) is 69.8 cm³/mol. The molecule has 92 valence electrons. The number of carbonyl (C=O) groups excluding carboxylic acids is 1. The lowest BCUT2D eigenvalue weighted by atomic mass is 10.1. The summed E-state index contributed by atoms with van der Waals surface area (Å²) in [6, 6.07) is 7.21. The lowest BCUT2D eigenvalue weighted by molar-refractivity contribution is -0.117. The minimum Gasteiger partial charge on any atom is -0.389 e. The van der Waals surface area contributed by atoms with E-state index in [-0.39, 0.29) is 12.5 Å². The molecule has 0 unspecified atom stereocenters. The maximum Gasteiger partial charge on any atom is 0.244 e. The summed E-state index contributed by atoms with van der Waals surface area (Å²) in [6.07, 6.45) is 3.09. The number of hydrogen-bond acceptors (Lipinski definition) is 2. The molecule has 2 N–H and O–H groups in total. The molecule has 0 saturated heterocycles. The van der Waals surface area contributed by atoms with Crippen molar-refractivity contribution in [1.82, 2.24) is 5.32 Å². The highest BCUT2D eigenvalue weighted by Gasteiger charge is 2.12. The van der Waals surface area contributed by atoms with Gasteiger partial charge in [-0.25, -0.2) is 0 Å². The number of aliphatic hydroxyl groups is 1. The Morgan fingerprint density at radius 3 is 2.82 bits per heavy atom. The maximum atomic E-state index is 11.4. The van der Waals surface area contributed by atoms with Crippen molar-refractivity contribution in [2.75, 3.05) is 6.54 Å². The maximum absolute atomic E-state index is 11.4. The van der Waals surface area contributed by atoms with Crippen molar-refractivity contribution in [3.63, 3.8) is 0 Å². The molecule has 4 heteroatoms. The van der Waals surface area contributed by atoms with Crippen molar-refractivity contribution in [1.29, 1.82) is 0 Å². The molecule has 0 bridgehead atoms. The average Bonchev–Trinajstić information content (AvgIpc) is 2.23. The highest BCUT2D eigenvalue weighted by atomic mass is 35.5. The third-order valence-electron chi connectivity index (χ3n) is 1.97. The van der Waals surface area contributed by atoms with Crippen LogP contribution in [0.4, 0.5) is 0 Å². The zero-order chi connectivity index (χ0) is 12.9. The van der Waals surface area contributed by atoms with Gasteiger partial charge in [0, 0.05) is 17.6 Å². The summed E-state index contributed by atoms with van der Waals surface area (Å²) in [5.74, 6) is -0.243. The van der Waals surface area contributed by atoms with Gasteiger partial charge in [-0.3, -0.25) is 4.79 Å². The van der Waals surface area contributed by atoms with Crippen LogP contribution in [0.15, 0.2) is 30.3 Å². The second-order valence-corrected chi connectivity index (χ2v) is 4.86. The van der Waals surface area contributed by atoms with Crippen molar-refractivity contribution >= 4 is 23.6 Å². The lowest BCUT2D eigenvalue weighted by Crippen LogP contribution is -2.37. The SMILES string of the molecule is CC(C)(O)CNC(=O)C=Cc1cccc(Cl)c1. The fourth-order valence-corrected chi connectivity index (χ4v) is 1.34. The molecule has 1 aromatic carbocycles. The Morgan fingerprint density at radius 2 is 2.24 bits per heavy atom. The molecule has 0 aliphatic carbocycles. The van der Waals surface area contributed by atoms with Gasteiger partial charge in [-0.2, -0.15) is 0 Å². The first-order chi connectivity index (χ1) is 7.87. The average molecular weight is 254 g/mol. The molecule has 1 rings (SSSR count). The van der Waals surface area contributed by atoms with E-state index < -0.39 is 5.60 Å². The van der Waals surface area contributed by atoms with Crippen molar-refractivity contribution in [2.24, 2.45) is 0 Å². The molecule has 0 aliphatic rings. The summed E-state index contributed by atoms with van der Waals surface area (Å²) in [5, 5.41) is 12.7. The Kier molecular flexibility index (Phi) is 4.73. The quantitative estimate of drug-likeness (QED) is 0.809. The van der Waals surface area contributed by atoms with E-state index in [0.717, 1.165) is 5.56 Å². The molecule has 0 fully saturated rings. The van der Waals surface area contributed by atoms with E-state index >= 15 is 0 Å². The van der Waals surface area contributed by atoms with E-state index in [0.29, 0.717) is 5.02 Å². The summed E-state index contributed by atoms with van der Waals surface area (Å²) in [4.78, 5) is 11.4. The van der Waals surface area contributed by atoms with Crippen molar-refractivity contribution < 1.29 is 9.90 Å². The minimum absolute atomic E-state index is 0.214. The molecule has 0 radical (unpaired) electrons. The third-order valence-corrected chi connectivity index (χ3v) is 2.21. The summed E-state index contributed by atoms with van der Waals surface area (Å²) < 4.78 is 0. The molecule has 0 heterocycles. The second kappa shape index (κ2) is 5.84. The minimum atomic E-state index is -0.903. The lowest BCUT2D eigenvalue weighted by Gasteiger charge is -2.16. The number of hydrogen-bond donors (Lipinski definition) is 2. The Bertz CT molecular complexity index is 422. The van der Waals surface area contributed by atoms with E-state index in [4.69, 9.17) is 11.6 Å². The van der Waals surface area contributed by atoms with Crippen molar-refractivity contribution in [2.45, 2.75) is 19.4 Å². The molecular weight excluding hydrogens is 238 g/mol. The van der Waals surface area contributed by atoms with Crippen LogP contribution in [0.25, 0.3) is 6.08 Å². The van der Waals surface area contributed by atoms with Gasteiger partial charge in [0.05, 0.1) is 5.60 Å². The number of rotatable bonds is 4. The van der Waals surface area contributed by atoms with Crippen molar-refractivity contribution in [3.8, 4) is 0 Å². The summed E-state index contributed by atoms with van der Waals surface area (Å²) >= 11 is 5.81. The van der Waals surface area contributed by atoms with Crippen LogP contribution in [-0.4, -0.2) is 23.2 Å².